The summed E-state index contributed by atoms with van der Waals surface area (Å²) >= 11 is 0. The first-order valence-electron chi connectivity index (χ1n) is 8.25. The fourth-order valence-corrected chi connectivity index (χ4v) is 3.65. The van der Waals surface area contributed by atoms with Crippen LogP contribution in [0.5, 0.6) is 0 Å². The zero-order valence-corrected chi connectivity index (χ0v) is 13.3. The maximum Gasteiger partial charge on any atom is 0.226 e. The van der Waals surface area contributed by atoms with Gasteiger partial charge in [0.15, 0.2) is 0 Å². The molecule has 4 nitrogen and oxygen atoms in total. The molecule has 2 N–H and O–H groups in total. The van der Waals surface area contributed by atoms with Crippen LogP contribution in [-0.4, -0.2) is 54.5 Å². The average Bonchev–Trinajstić information content (AvgIpc) is 2.41. The van der Waals surface area contributed by atoms with Gasteiger partial charge in [0.1, 0.15) is 0 Å². The smallest absolute Gasteiger partial charge is 0.226 e. The maximum absolute atomic E-state index is 12.7. The lowest BCUT2D eigenvalue weighted by molar-refractivity contribution is -0.140. The third kappa shape index (κ3) is 3.73. The van der Waals surface area contributed by atoms with E-state index in [9.17, 15) is 4.79 Å². The highest BCUT2D eigenvalue weighted by atomic mass is 16.2. The van der Waals surface area contributed by atoms with E-state index in [1.165, 1.54) is 0 Å². The highest BCUT2D eigenvalue weighted by Crippen LogP contribution is 2.30. The SMILES string of the molecule is CC(C)CN1CCN(C(=O)C2CCCC(N)C2C)CC1. The summed E-state index contributed by atoms with van der Waals surface area (Å²) in [5.74, 6) is 1.56. The van der Waals surface area contributed by atoms with Crippen LogP contribution in [0.3, 0.4) is 0 Å². The zero-order valence-electron chi connectivity index (χ0n) is 13.3. The summed E-state index contributed by atoms with van der Waals surface area (Å²) in [7, 11) is 0. The minimum Gasteiger partial charge on any atom is -0.340 e. The van der Waals surface area contributed by atoms with E-state index < -0.39 is 0 Å². The zero-order chi connectivity index (χ0) is 14.7. The van der Waals surface area contributed by atoms with Crippen LogP contribution in [0.1, 0.15) is 40.0 Å². The molecule has 2 aliphatic rings. The van der Waals surface area contributed by atoms with Crippen LogP contribution in [0.2, 0.25) is 0 Å². The molecule has 4 heteroatoms. The van der Waals surface area contributed by atoms with Crippen molar-refractivity contribution in [3.05, 3.63) is 0 Å². The van der Waals surface area contributed by atoms with Gasteiger partial charge in [0.25, 0.3) is 0 Å². The van der Waals surface area contributed by atoms with Crippen LogP contribution in [0.25, 0.3) is 0 Å². The molecule has 20 heavy (non-hydrogen) atoms. The maximum atomic E-state index is 12.7. The Morgan fingerprint density at radius 3 is 2.45 bits per heavy atom. The molecular weight excluding hydrogens is 250 g/mol. The minimum atomic E-state index is 0.162. The molecule has 1 aliphatic carbocycles. The van der Waals surface area contributed by atoms with Gasteiger partial charge >= 0.3 is 0 Å². The lowest BCUT2D eigenvalue weighted by Crippen LogP contribution is -2.53. The fourth-order valence-electron chi connectivity index (χ4n) is 3.65. The average molecular weight is 281 g/mol. The van der Waals surface area contributed by atoms with Crippen molar-refractivity contribution in [2.45, 2.75) is 46.1 Å². The van der Waals surface area contributed by atoms with E-state index >= 15 is 0 Å². The molecule has 1 saturated heterocycles. The van der Waals surface area contributed by atoms with Crippen LogP contribution in [-0.2, 0) is 4.79 Å². The summed E-state index contributed by atoms with van der Waals surface area (Å²) in [6, 6.07) is 0.208. The van der Waals surface area contributed by atoms with Gasteiger partial charge < -0.3 is 10.6 Å². The molecule has 2 rings (SSSR count). The van der Waals surface area contributed by atoms with Crippen LogP contribution in [0.15, 0.2) is 0 Å². The van der Waals surface area contributed by atoms with Gasteiger partial charge in [0.05, 0.1) is 0 Å². The molecule has 1 aliphatic heterocycles. The Labute approximate surface area is 123 Å². The topological polar surface area (TPSA) is 49.6 Å². The molecule has 1 amide bonds. The van der Waals surface area contributed by atoms with E-state index in [-0.39, 0.29) is 12.0 Å². The number of carbonyl (C=O) groups is 1. The molecule has 0 aromatic carbocycles. The number of rotatable bonds is 3. The third-order valence-electron chi connectivity index (χ3n) is 4.99. The summed E-state index contributed by atoms with van der Waals surface area (Å²) in [4.78, 5) is 17.2. The van der Waals surface area contributed by atoms with Crippen molar-refractivity contribution in [3.63, 3.8) is 0 Å². The van der Waals surface area contributed by atoms with Crippen molar-refractivity contribution < 1.29 is 4.79 Å². The van der Waals surface area contributed by atoms with E-state index in [1.54, 1.807) is 0 Å². The van der Waals surface area contributed by atoms with Crippen molar-refractivity contribution in [3.8, 4) is 0 Å². The second-order valence-corrected chi connectivity index (χ2v) is 7.08. The van der Waals surface area contributed by atoms with Gasteiger partial charge in [-0.25, -0.2) is 0 Å². The fraction of sp³-hybridized carbons (Fsp3) is 0.938. The molecule has 1 saturated carbocycles. The molecule has 0 radical (unpaired) electrons. The van der Waals surface area contributed by atoms with Crippen molar-refractivity contribution in [1.29, 1.82) is 0 Å². The number of carbonyl (C=O) groups excluding carboxylic acids is 1. The van der Waals surface area contributed by atoms with Gasteiger partial charge in [-0.2, -0.15) is 0 Å². The second kappa shape index (κ2) is 6.90. The molecule has 1 heterocycles. The lowest BCUT2D eigenvalue weighted by atomic mass is 9.76. The van der Waals surface area contributed by atoms with Gasteiger partial charge in [-0.05, 0) is 24.7 Å². The molecule has 2 fully saturated rings. The highest BCUT2D eigenvalue weighted by Gasteiger charge is 2.35. The molecule has 0 spiro atoms. The number of nitrogens with two attached hydrogens (primary N) is 1. The van der Waals surface area contributed by atoms with Crippen LogP contribution < -0.4 is 5.73 Å². The molecule has 3 unspecified atom stereocenters. The Balaban J connectivity index is 1.85. The predicted molar refractivity (Wildman–Crippen MR) is 82.3 cm³/mol. The van der Waals surface area contributed by atoms with Crippen LogP contribution in [0, 0.1) is 17.8 Å². The monoisotopic (exact) mass is 281 g/mol. The number of hydrogen-bond donors (Lipinski definition) is 1. The molecular formula is C16H31N3O. The second-order valence-electron chi connectivity index (χ2n) is 7.08. The summed E-state index contributed by atoms with van der Waals surface area (Å²) < 4.78 is 0. The standard InChI is InChI=1S/C16H31N3O/c1-12(2)11-18-7-9-19(10-8-18)16(20)14-5-4-6-15(17)13(14)3/h12-15H,4-11,17H2,1-3H3. The van der Waals surface area contributed by atoms with Crippen molar-refractivity contribution in [2.24, 2.45) is 23.5 Å². The predicted octanol–water partition coefficient (Wildman–Crippen LogP) is 1.55. The van der Waals surface area contributed by atoms with E-state index in [4.69, 9.17) is 5.73 Å². The van der Waals surface area contributed by atoms with Gasteiger partial charge in [0, 0.05) is 44.7 Å². The summed E-state index contributed by atoms with van der Waals surface area (Å²) in [5.41, 5.74) is 6.13. The highest BCUT2D eigenvalue weighted by molar-refractivity contribution is 5.79. The summed E-state index contributed by atoms with van der Waals surface area (Å²) in [5, 5.41) is 0. The summed E-state index contributed by atoms with van der Waals surface area (Å²) in [6.45, 7) is 11.6. The van der Waals surface area contributed by atoms with E-state index in [0.29, 0.717) is 17.7 Å². The number of hydrogen-bond acceptors (Lipinski definition) is 3. The minimum absolute atomic E-state index is 0.162. The Morgan fingerprint density at radius 1 is 1.20 bits per heavy atom. The van der Waals surface area contributed by atoms with Crippen LogP contribution in [0.4, 0.5) is 0 Å². The first-order valence-corrected chi connectivity index (χ1v) is 8.25. The molecule has 116 valence electrons. The number of piperazine rings is 1. The normalized spacial score (nSPS) is 32.6. The van der Waals surface area contributed by atoms with E-state index in [2.05, 4.69) is 30.6 Å². The van der Waals surface area contributed by atoms with Crippen LogP contribution >= 0.6 is 0 Å². The van der Waals surface area contributed by atoms with Crippen molar-refractivity contribution in [1.82, 2.24) is 9.80 Å². The van der Waals surface area contributed by atoms with Crippen molar-refractivity contribution in [2.75, 3.05) is 32.7 Å². The van der Waals surface area contributed by atoms with Gasteiger partial charge in [0.2, 0.25) is 5.91 Å². The van der Waals surface area contributed by atoms with Gasteiger partial charge in [-0.15, -0.1) is 0 Å². The first-order chi connectivity index (χ1) is 9.49. The van der Waals surface area contributed by atoms with Gasteiger partial charge in [-0.3, -0.25) is 9.69 Å². The third-order valence-corrected chi connectivity index (χ3v) is 4.99. The number of amides is 1. The Hall–Kier alpha value is -0.610. The number of nitrogens with zero attached hydrogens (tertiary/aromatic N) is 2. The Kier molecular flexibility index (Phi) is 5.44. The largest absolute Gasteiger partial charge is 0.340 e. The molecule has 0 aromatic heterocycles. The quantitative estimate of drug-likeness (QED) is 0.854. The van der Waals surface area contributed by atoms with Crippen molar-refractivity contribution >= 4 is 5.91 Å². The molecule has 3 atom stereocenters. The Morgan fingerprint density at radius 2 is 1.85 bits per heavy atom. The van der Waals surface area contributed by atoms with E-state index in [0.717, 1.165) is 52.0 Å². The lowest BCUT2D eigenvalue weighted by Gasteiger charge is -2.40. The first kappa shape index (κ1) is 15.8. The van der Waals surface area contributed by atoms with E-state index in [1.807, 2.05) is 0 Å². The molecule has 0 aromatic rings. The molecule has 0 bridgehead atoms. The Bertz CT molecular complexity index is 324. The van der Waals surface area contributed by atoms with Gasteiger partial charge in [-0.1, -0.05) is 27.2 Å². The summed E-state index contributed by atoms with van der Waals surface area (Å²) in [6.07, 6.45) is 3.21.